The molecule has 220 valence electrons. The highest BCUT2D eigenvalue weighted by Gasteiger charge is 2.37. The van der Waals surface area contributed by atoms with Crippen LogP contribution >= 0.6 is 0 Å². The van der Waals surface area contributed by atoms with Gasteiger partial charge in [0.2, 0.25) is 23.6 Å². The Bertz CT molecular complexity index is 1260. The number of nitrogens with one attached hydrogen (secondary N) is 3. The summed E-state index contributed by atoms with van der Waals surface area (Å²) in [7, 11) is 1.64. The van der Waals surface area contributed by atoms with Crippen molar-refractivity contribution in [1.82, 2.24) is 25.8 Å². The minimum atomic E-state index is -0.920. The normalized spacial score (nSPS) is 16.7. The van der Waals surface area contributed by atoms with Crippen molar-refractivity contribution in [2.24, 2.45) is 5.41 Å². The molecule has 10 heteroatoms. The predicted molar refractivity (Wildman–Crippen MR) is 155 cm³/mol. The summed E-state index contributed by atoms with van der Waals surface area (Å²) in [5.74, 6) is -2.09. The molecule has 2 aromatic carbocycles. The molecule has 2 aromatic rings. The van der Waals surface area contributed by atoms with Crippen LogP contribution in [-0.2, 0) is 32.0 Å². The molecule has 1 aliphatic rings. The Morgan fingerprint density at radius 3 is 2.29 bits per heavy atom. The molecule has 0 spiro atoms. The van der Waals surface area contributed by atoms with Gasteiger partial charge in [-0.05, 0) is 49.1 Å². The van der Waals surface area contributed by atoms with Crippen LogP contribution in [-0.4, -0.2) is 71.7 Å². The van der Waals surface area contributed by atoms with Gasteiger partial charge in [0.05, 0.1) is 12.6 Å². The van der Waals surface area contributed by atoms with Crippen LogP contribution in [0.25, 0.3) is 0 Å². The first-order chi connectivity index (χ1) is 19.4. The molecule has 3 rings (SSSR count). The molecular formula is C31H40FN5O4. The molecule has 3 N–H and O–H groups in total. The van der Waals surface area contributed by atoms with Crippen molar-refractivity contribution >= 4 is 23.6 Å². The number of amides is 4. The topological polar surface area (TPSA) is 111 Å². The quantitative estimate of drug-likeness (QED) is 0.388. The van der Waals surface area contributed by atoms with E-state index in [0.717, 1.165) is 5.56 Å². The summed E-state index contributed by atoms with van der Waals surface area (Å²) in [5.41, 5.74) is 1.01. The molecule has 1 aliphatic heterocycles. The molecule has 0 radical (unpaired) electrons. The molecule has 0 aromatic heterocycles. The van der Waals surface area contributed by atoms with Gasteiger partial charge in [-0.25, -0.2) is 4.39 Å². The molecular weight excluding hydrogens is 525 g/mol. The van der Waals surface area contributed by atoms with E-state index in [1.165, 1.54) is 23.2 Å². The van der Waals surface area contributed by atoms with E-state index < -0.39 is 41.2 Å². The molecule has 9 nitrogen and oxygen atoms in total. The highest BCUT2D eigenvalue weighted by atomic mass is 19.1. The Kier molecular flexibility index (Phi) is 10.8. The fourth-order valence-electron chi connectivity index (χ4n) is 4.48. The van der Waals surface area contributed by atoms with Crippen molar-refractivity contribution in [3.8, 4) is 0 Å². The van der Waals surface area contributed by atoms with Crippen LogP contribution in [0.3, 0.4) is 0 Å². The number of benzene rings is 2. The molecule has 0 aliphatic carbocycles. The molecule has 1 heterocycles. The highest BCUT2D eigenvalue weighted by molar-refractivity contribution is 5.94. The van der Waals surface area contributed by atoms with Gasteiger partial charge in [-0.3, -0.25) is 19.2 Å². The molecule has 0 bridgehead atoms. The molecule has 3 atom stereocenters. The number of carbonyl (C=O) groups excluding carboxylic acids is 4. The van der Waals surface area contributed by atoms with E-state index in [4.69, 9.17) is 0 Å². The van der Waals surface area contributed by atoms with E-state index in [1.807, 2.05) is 51.1 Å². The lowest BCUT2D eigenvalue weighted by Gasteiger charge is -2.36. The molecule has 0 unspecified atom stereocenters. The van der Waals surface area contributed by atoms with Gasteiger partial charge < -0.3 is 25.8 Å². The van der Waals surface area contributed by atoms with Crippen molar-refractivity contribution in [3.05, 3.63) is 83.9 Å². The zero-order valence-corrected chi connectivity index (χ0v) is 24.3. The number of hydrogen-bond donors (Lipinski definition) is 3. The number of halogens is 1. The van der Waals surface area contributed by atoms with Gasteiger partial charge >= 0.3 is 0 Å². The summed E-state index contributed by atoms with van der Waals surface area (Å²) in [5, 5.41) is 8.22. The van der Waals surface area contributed by atoms with Crippen LogP contribution in [0.15, 0.2) is 67.0 Å². The minimum Gasteiger partial charge on any atom is -0.345 e. The second kappa shape index (κ2) is 14.0. The Morgan fingerprint density at radius 2 is 1.66 bits per heavy atom. The van der Waals surface area contributed by atoms with Gasteiger partial charge in [0.15, 0.2) is 0 Å². The molecule has 0 saturated heterocycles. The van der Waals surface area contributed by atoms with Gasteiger partial charge in [-0.15, -0.1) is 0 Å². The third kappa shape index (κ3) is 8.72. The third-order valence-corrected chi connectivity index (χ3v) is 7.06. The lowest BCUT2D eigenvalue weighted by Crippen LogP contribution is -2.58. The lowest BCUT2D eigenvalue weighted by molar-refractivity contribution is -0.143. The number of carbonyl (C=O) groups is 4. The van der Waals surface area contributed by atoms with Gasteiger partial charge in [-0.1, -0.05) is 63.2 Å². The van der Waals surface area contributed by atoms with Gasteiger partial charge in [-0.2, -0.15) is 0 Å². The Morgan fingerprint density at radius 1 is 0.976 bits per heavy atom. The summed E-state index contributed by atoms with van der Waals surface area (Å²) in [6.45, 7) is 7.15. The largest absolute Gasteiger partial charge is 0.345 e. The summed E-state index contributed by atoms with van der Waals surface area (Å²) in [6.07, 6.45) is 3.82. The van der Waals surface area contributed by atoms with Crippen LogP contribution in [0.2, 0.25) is 0 Å². The van der Waals surface area contributed by atoms with Crippen LogP contribution in [0.1, 0.15) is 38.8 Å². The standard InChI is InChI=1S/C31H40FN5O4/c1-21(33-5)28(39)35-27(31(2,3)4)29(40)34-20-26(38)37-17-16-36(15-14-22-10-7-6-8-11-22)30(41)25(37)19-23-12-9-13-24(32)18-23/h6-13,16-18,21,25,27,33H,14-15,19-20H2,1-5H3,(H,34,40)(H,35,39)/t21-,25-,27+/m0/s1. The van der Waals surface area contributed by atoms with E-state index in [0.29, 0.717) is 18.5 Å². The van der Waals surface area contributed by atoms with E-state index >= 15 is 0 Å². The Labute approximate surface area is 241 Å². The monoisotopic (exact) mass is 565 g/mol. The van der Waals surface area contributed by atoms with Crippen LogP contribution < -0.4 is 16.0 Å². The van der Waals surface area contributed by atoms with Gasteiger partial charge in [0, 0.05) is 25.4 Å². The van der Waals surface area contributed by atoms with Crippen LogP contribution in [0, 0.1) is 11.2 Å². The third-order valence-electron chi connectivity index (χ3n) is 7.06. The molecule has 41 heavy (non-hydrogen) atoms. The Balaban J connectivity index is 1.75. The summed E-state index contributed by atoms with van der Waals surface area (Å²) in [6, 6.07) is 13.3. The zero-order chi connectivity index (χ0) is 30.2. The van der Waals surface area contributed by atoms with Crippen molar-refractivity contribution in [2.75, 3.05) is 20.1 Å². The number of likely N-dealkylation sites (N-methyl/N-ethyl adjacent to an activating group) is 1. The van der Waals surface area contributed by atoms with Crippen molar-refractivity contribution in [2.45, 2.75) is 58.7 Å². The van der Waals surface area contributed by atoms with Crippen molar-refractivity contribution < 1.29 is 23.6 Å². The first-order valence-electron chi connectivity index (χ1n) is 13.7. The first-order valence-corrected chi connectivity index (χ1v) is 13.7. The average molecular weight is 566 g/mol. The molecule has 0 fully saturated rings. The van der Waals surface area contributed by atoms with Crippen LogP contribution in [0.4, 0.5) is 4.39 Å². The van der Waals surface area contributed by atoms with Crippen molar-refractivity contribution in [1.29, 1.82) is 0 Å². The number of nitrogens with zero attached hydrogens (tertiary/aromatic N) is 2. The number of rotatable bonds is 11. The highest BCUT2D eigenvalue weighted by Crippen LogP contribution is 2.21. The second-order valence-electron chi connectivity index (χ2n) is 11.3. The first kappa shape index (κ1) is 31.5. The maximum absolute atomic E-state index is 13.9. The van der Waals surface area contributed by atoms with E-state index in [2.05, 4.69) is 16.0 Å². The molecule has 4 amide bonds. The van der Waals surface area contributed by atoms with Crippen LogP contribution in [0.5, 0.6) is 0 Å². The lowest BCUT2D eigenvalue weighted by atomic mass is 9.86. The smallest absolute Gasteiger partial charge is 0.250 e. The summed E-state index contributed by atoms with van der Waals surface area (Å²) >= 11 is 0. The maximum atomic E-state index is 13.9. The van der Waals surface area contributed by atoms with Crippen molar-refractivity contribution in [3.63, 3.8) is 0 Å². The van der Waals surface area contributed by atoms with Gasteiger partial charge in [0.25, 0.3) is 0 Å². The maximum Gasteiger partial charge on any atom is 0.250 e. The van der Waals surface area contributed by atoms with E-state index in [9.17, 15) is 23.6 Å². The predicted octanol–water partition coefficient (Wildman–Crippen LogP) is 2.38. The van der Waals surface area contributed by atoms with E-state index in [1.54, 1.807) is 37.2 Å². The number of hydrogen-bond acceptors (Lipinski definition) is 5. The average Bonchev–Trinajstić information content (AvgIpc) is 2.94. The fraction of sp³-hybridized carbons (Fsp3) is 0.419. The minimum absolute atomic E-state index is 0.102. The summed E-state index contributed by atoms with van der Waals surface area (Å²) in [4.78, 5) is 55.4. The fourth-order valence-corrected chi connectivity index (χ4v) is 4.48. The van der Waals surface area contributed by atoms with Gasteiger partial charge in [0.1, 0.15) is 17.9 Å². The SMILES string of the molecule is CN[C@@H](C)C(=O)N[C@H](C(=O)NCC(=O)N1C=CN(CCc2ccccc2)C(=O)[C@@H]1Cc1cccc(F)c1)C(C)(C)C. The van der Waals surface area contributed by atoms with E-state index in [-0.39, 0.29) is 24.8 Å². The molecule has 0 saturated carbocycles. The second-order valence-corrected chi connectivity index (χ2v) is 11.3. The summed E-state index contributed by atoms with van der Waals surface area (Å²) < 4.78 is 13.9. The Hall–Kier alpha value is -4.05. The zero-order valence-electron chi connectivity index (χ0n) is 24.3.